The van der Waals surface area contributed by atoms with Gasteiger partial charge in [-0.25, -0.2) is 4.98 Å². The summed E-state index contributed by atoms with van der Waals surface area (Å²) in [7, 11) is 3.26. The molecule has 0 unspecified atom stereocenters. The Morgan fingerprint density at radius 3 is 2.90 bits per heavy atom. The number of rotatable bonds is 2. The van der Waals surface area contributed by atoms with E-state index in [9.17, 15) is 0 Å². The SMILES string of the molecule is CN(SS)c1ccccn1. The molecule has 0 radical (unpaired) electrons. The molecule has 0 bridgehead atoms. The fourth-order valence-electron chi connectivity index (χ4n) is 0.582. The van der Waals surface area contributed by atoms with Crippen molar-refractivity contribution in [2.24, 2.45) is 0 Å². The van der Waals surface area contributed by atoms with Gasteiger partial charge in [0.1, 0.15) is 5.82 Å². The Bertz CT molecular complexity index is 190. The Balaban J connectivity index is 2.75. The first-order valence-electron chi connectivity index (χ1n) is 2.81. The zero-order valence-electron chi connectivity index (χ0n) is 5.56. The monoisotopic (exact) mass is 172 g/mol. The number of hydrogen-bond donors (Lipinski definition) is 1. The van der Waals surface area contributed by atoms with Crippen LogP contribution >= 0.6 is 22.6 Å². The lowest BCUT2D eigenvalue weighted by atomic mass is 10.5. The second-order valence-electron chi connectivity index (χ2n) is 1.77. The molecule has 0 atom stereocenters. The molecule has 2 nitrogen and oxygen atoms in total. The average Bonchev–Trinajstić information content (AvgIpc) is 2.05. The number of aromatic nitrogens is 1. The van der Waals surface area contributed by atoms with Crippen LogP contribution in [0.2, 0.25) is 0 Å². The highest BCUT2D eigenvalue weighted by Gasteiger charge is 1.96. The normalized spacial score (nSPS) is 9.40. The molecule has 0 aliphatic heterocycles. The van der Waals surface area contributed by atoms with Crippen LogP contribution in [0.1, 0.15) is 0 Å². The number of thiol groups is 1. The number of nitrogens with zero attached hydrogens (tertiary/aromatic N) is 2. The summed E-state index contributed by atoms with van der Waals surface area (Å²) < 4.78 is 1.88. The first kappa shape index (κ1) is 7.75. The van der Waals surface area contributed by atoms with Gasteiger partial charge in [-0.15, -0.1) is 0 Å². The second-order valence-corrected chi connectivity index (χ2v) is 2.97. The zero-order chi connectivity index (χ0) is 7.40. The van der Waals surface area contributed by atoms with E-state index in [4.69, 9.17) is 0 Å². The van der Waals surface area contributed by atoms with Crippen LogP contribution in [0.5, 0.6) is 0 Å². The molecule has 10 heavy (non-hydrogen) atoms. The van der Waals surface area contributed by atoms with Crippen molar-refractivity contribution < 1.29 is 0 Å². The highest BCUT2D eigenvalue weighted by molar-refractivity contribution is 8.69. The molecule has 1 rings (SSSR count). The highest BCUT2D eigenvalue weighted by atomic mass is 33.1. The lowest BCUT2D eigenvalue weighted by molar-refractivity contribution is 1.22. The highest BCUT2D eigenvalue weighted by Crippen LogP contribution is 2.18. The minimum absolute atomic E-state index is 0.919. The summed E-state index contributed by atoms with van der Waals surface area (Å²) in [4.78, 5) is 4.11. The summed E-state index contributed by atoms with van der Waals surface area (Å²) in [5.41, 5.74) is 0. The summed E-state index contributed by atoms with van der Waals surface area (Å²) >= 11 is 4.03. The molecule has 0 saturated heterocycles. The van der Waals surface area contributed by atoms with Crippen LogP contribution in [-0.2, 0) is 0 Å². The van der Waals surface area contributed by atoms with Crippen LogP contribution in [-0.4, -0.2) is 12.0 Å². The average molecular weight is 172 g/mol. The molecule has 1 aromatic rings. The standard InChI is InChI=1S/C6H8N2S2/c1-8(10-9)6-4-2-3-5-7-6/h2-5,9H,1H3. The van der Waals surface area contributed by atoms with Crippen molar-refractivity contribution in [1.29, 1.82) is 0 Å². The van der Waals surface area contributed by atoms with Gasteiger partial charge in [-0.05, 0) is 12.1 Å². The molecule has 0 saturated carbocycles. The summed E-state index contributed by atoms with van der Waals surface area (Å²) in [6.07, 6.45) is 1.76. The van der Waals surface area contributed by atoms with Gasteiger partial charge in [0.05, 0.1) is 0 Å². The van der Waals surface area contributed by atoms with E-state index in [2.05, 4.69) is 16.6 Å². The van der Waals surface area contributed by atoms with E-state index in [1.54, 1.807) is 6.20 Å². The van der Waals surface area contributed by atoms with Crippen LogP contribution in [0.4, 0.5) is 5.82 Å². The van der Waals surface area contributed by atoms with Crippen LogP contribution in [0.3, 0.4) is 0 Å². The van der Waals surface area contributed by atoms with Gasteiger partial charge in [0.15, 0.2) is 0 Å². The summed E-state index contributed by atoms with van der Waals surface area (Å²) in [5.74, 6) is 0.919. The van der Waals surface area contributed by atoms with E-state index in [1.807, 2.05) is 29.6 Å². The maximum absolute atomic E-state index is 4.11. The van der Waals surface area contributed by atoms with Gasteiger partial charge in [0, 0.05) is 24.2 Å². The van der Waals surface area contributed by atoms with E-state index >= 15 is 0 Å². The van der Waals surface area contributed by atoms with E-state index in [0.29, 0.717) is 0 Å². The molecule has 0 amide bonds. The molecular formula is C6H8N2S2. The fraction of sp³-hybridized carbons (Fsp3) is 0.167. The third-order valence-corrected chi connectivity index (χ3v) is 2.26. The van der Waals surface area contributed by atoms with Crippen molar-refractivity contribution in [2.75, 3.05) is 11.4 Å². The largest absolute Gasteiger partial charge is 0.295 e. The third kappa shape index (κ3) is 1.82. The Morgan fingerprint density at radius 2 is 2.40 bits per heavy atom. The maximum Gasteiger partial charge on any atom is 0.138 e. The van der Waals surface area contributed by atoms with E-state index < -0.39 is 0 Å². The van der Waals surface area contributed by atoms with Gasteiger partial charge >= 0.3 is 0 Å². The molecule has 0 aliphatic carbocycles. The van der Waals surface area contributed by atoms with Crippen LogP contribution in [0, 0.1) is 0 Å². The molecule has 54 valence electrons. The fourth-order valence-corrected chi connectivity index (χ4v) is 1.02. The van der Waals surface area contributed by atoms with Crippen molar-refractivity contribution in [3.05, 3.63) is 24.4 Å². The Morgan fingerprint density at radius 1 is 1.60 bits per heavy atom. The minimum atomic E-state index is 0.919. The van der Waals surface area contributed by atoms with Crippen LogP contribution in [0.15, 0.2) is 24.4 Å². The first-order valence-corrected chi connectivity index (χ1v) is 4.63. The Hall–Kier alpha value is -0.350. The Labute approximate surface area is 69.6 Å². The van der Waals surface area contributed by atoms with Crippen LogP contribution < -0.4 is 4.31 Å². The third-order valence-electron chi connectivity index (χ3n) is 1.09. The van der Waals surface area contributed by atoms with Gasteiger partial charge in [0.2, 0.25) is 0 Å². The molecule has 4 heteroatoms. The van der Waals surface area contributed by atoms with Crippen LogP contribution in [0.25, 0.3) is 0 Å². The molecular weight excluding hydrogens is 164 g/mol. The molecule has 0 aliphatic rings. The van der Waals surface area contributed by atoms with Crippen molar-refractivity contribution in [3.8, 4) is 0 Å². The van der Waals surface area contributed by atoms with Gasteiger partial charge in [-0.2, -0.15) is 0 Å². The molecule has 1 aromatic heterocycles. The molecule has 0 N–H and O–H groups in total. The Kier molecular flexibility index (Phi) is 2.89. The topological polar surface area (TPSA) is 16.1 Å². The van der Waals surface area contributed by atoms with E-state index in [1.165, 1.54) is 11.0 Å². The summed E-state index contributed by atoms with van der Waals surface area (Å²) in [6.45, 7) is 0. The molecule has 0 aromatic carbocycles. The molecule has 1 heterocycles. The predicted molar refractivity (Wildman–Crippen MR) is 49.2 cm³/mol. The smallest absolute Gasteiger partial charge is 0.138 e. The van der Waals surface area contributed by atoms with E-state index in [0.717, 1.165) is 5.82 Å². The van der Waals surface area contributed by atoms with Crippen molar-refractivity contribution in [2.45, 2.75) is 0 Å². The van der Waals surface area contributed by atoms with Gasteiger partial charge < -0.3 is 0 Å². The predicted octanol–water partition coefficient (Wildman–Crippen LogP) is 2.01. The molecule has 0 fully saturated rings. The van der Waals surface area contributed by atoms with Gasteiger partial charge in [0.25, 0.3) is 0 Å². The van der Waals surface area contributed by atoms with Gasteiger partial charge in [-0.1, -0.05) is 17.7 Å². The minimum Gasteiger partial charge on any atom is -0.295 e. The number of pyridine rings is 1. The summed E-state index contributed by atoms with van der Waals surface area (Å²) in [5, 5.41) is 0. The lowest BCUT2D eigenvalue weighted by Crippen LogP contribution is -2.04. The second kappa shape index (κ2) is 3.73. The first-order chi connectivity index (χ1) is 4.84. The quantitative estimate of drug-likeness (QED) is 0.417. The van der Waals surface area contributed by atoms with Crippen molar-refractivity contribution in [1.82, 2.24) is 4.98 Å². The van der Waals surface area contributed by atoms with Crippen molar-refractivity contribution in [3.63, 3.8) is 0 Å². The number of hydrogen-bond acceptors (Lipinski definition) is 4. The van der Waals surface area contributed by atoms with Gasteiger partial charge in [-0.3, -0.25) is 4.31 Å². The zero-order valence-corrected chi connectivity index (χ0v) is 7.27. The van der Waals surface area contributed by atoms with E-state index in [-0.39, 0.29) is 0 Å². The van der Waals surface area contributed by atoms with Crippen molar-refractivity contribution >= 4 is 28.5 Å². The molecule has 0 spiro atoms. The lowest BCUT2D eigenvalue weighted by Gasteiger charge is -2.11. The summed E-state index contributed by atoms with van der Waals surface area (Å²) in [6, 6.07) is 5.77. The number of anilines is 1. The maximum atomic E-state index is 4.11.